The Hall–Kier alpha value is -0.300. The van der Waals surface area contributed by atoms with Crippen LogP contribution in [0, 0.1) is 0 Å². The monoisotopic (exact) mass is 245 g/mol. The highest BCUT2D eigenvalue weighted by molar-refractivity contribution is 8.13. The van der Waals surface area contributed by atoms with Gasteiger partial charge in [-0.2, -0.15) is 0 Å². The first kappa shape index (κ1) is 13.8. The lowest BCUT2D eigenvalue weighted by Crippen LogP contribution is -2.68. The molecular formula is C10H23N5S. The molecule has 4 N–H and O–H groups in total. The average molecular weight is 245 g/mol. The summed E-state index contributed by atoms with van der Waals surface area (Å²) in [5, 5.41) is 0.914. The standard InChI is InChI=1S/C10H23N5S/c1-6-14-7(11)13-9(16-5)15(8(14)12)10(2,3)4/h7-8H,6,11-12H2,1-5H3. The van der Waals surface area contributed by atoms with Crippen molar-refractivity contribution in [3.05, 3.63) is 0 Å². The van der Waals surface area contributed by atoms with Gasteiger partial charge in [0, 0.05) is 12.1 Å². The van der Waals surface area contributed by atoms with E-state index in [2.05, 4.69) is 30.7 Å². The number of rotatable bonds is 1. The largest absolute Gasteiger partial charge is 0.318 e. The lowest BCUT2D eigenvalue weighted by molar-refractivity contribution is 0.00779. The molecule has 1 aliphatic rings. The van der Waals surface area contributed by atoms with E-state index in [0.29, 0.717) is 0 Å². The summed E-state index contributed by atoms with van der Waals surface area (Å²) in [4.78, 5) is 8.57. The highest BCUT2D eigenvalue weighted by Crippen LogP contribution is 2.26. The number of aliphatic imine (C=N–C) groups is 1. The fourth-order valence-corrected chi connectivity index (χ4v) is 2.67. The number of hydrogen-bond acceptors (Lipinski definition) is 6. The molecule has 94 valence electrons. The summed E-state index contributed by atoms with van der Waals surface area (Å²) < 4.78 is 0. The first-order valence-corrected chi connectivity index (χ1v) is 6.73. The maximum Gasteiger partial charge on any atom is 0.164 e. The van der Waals surface area contributed by atoms with Crippen LogP contribution in [0.3, 0.4) is 0 Å². The molecule has 1 heterocycles. The van der Waals surface area contributed by atoms with Gasteiger partial charge in [-0.05, 0) is 27.0 Å². The lowest BCUT2D eigenvalue weighted by Gasteiger charge is -2.49. The van der Waals surface area contributed by atoms with Gasteiger partial charge in [0.05, 0.1) is 0 Å². The number of nitrogens with zero attached hydrogens (tertiary/aromatic N) is 3. The van der Waals surface area contributed by atoms with Gasteiger partial charge in [0.2, 0.25) is 0 Å². The van der Waals surface area contributed by atoms with Crippen molar-refractivity contribution < 1.29 is 0 Å². The fraction of sp³-hybridized carbons (Fsp3) is 0.900. The molecule has 0 aromatic rings. The van der Waals surface area contributed by atoms with Crippen molar-refractivity contribution in [2.75, 3.05) is 12.8 Å². The van der Waals surface area contributed by atoms with E-state index in [1.165, 1.54) is 0 Å². The highest BCUT2D eigenvalue weighted by Gasteiger charge is 2.37. The van der Waals surface area contributed by atoms with Gasteiger partial charge in [-0.15, -0.1) is 0 Å². The lowest BCUT2D eigenvalue weighted by atomic mass is 10.1. The fourth-order valence-electron chi connectivity index (χ4n) is 1.88. The van der Waals surface area contributed by atoms with Gasteiger partial charge < -0.3 is 4.90 Å². The molecule has 0 saturated carbocycles. The zero-order chi connectivity index (χ0) is 12.5. The van der Waals surface area contributed by atoms with Crippen LogP contribution < -0.4 is 11.5 Å². The van der Waals surface area contributed by atoms with E-state index in [4.69, 9.17) is 11.5 Å². The molecule has 0 radical (unpaired) electrons. The third-order valence-corrected chi connectivity index (χ3v) is 3.33. The van der Waals surface area contributed by atoms with Crippen LogP contribution in [0.1, 0.15) is 27.7 Å². The highest BCUT2D eigenvalue weighted by atomic mass is 32.2. The van der Waals surface area contributed by atoms with E-state index in [1.54, 1.807) is 11.8 Å². The molecule has 1 aliphatic heterocycles. The van der Waals surface area contributed by atoms with Crippen molar-refractivity contribution in [2.45, 2.75) is 45.8 Å². The van der Waals surface area contributed by atoms with Gasteiger partial charge in [0.25, 0.3) is 0 Å². The summed E-state index contributed by atoms with van der Waals surface area (Å²) in [5.74, 6) is 0. The number of hydrogen-bond donors (Lipinski definition) is 2. The average Bonchev–Trinajstić information content (AvgIpc) is 2.15. The molecule has 0 spiro atoms. The first-order valence-electron chi connectivity index (χ1n) is 5.51. The van der Waals surface area contributed by atoms with Crippen molar-refractivity contribution in [3.63, 3.8) is 0 Å². The molecule has 0 aliphatic carbocycles. The molecule has 0 fully saturated rings. The van der Waals surface area contributed by atoms with Crippen LogP contribution in [0.15, 0.2) is 4.99 Å². The molecule has 2 atom stereocenters. The molecule has 0 bridgehead atoms. The van der Waals surface area contributed by atoms with Gasteiger partial charge in [0.1, 0.15) is 6.29 Å². The molecule has 2 unspecified atom stereocenters. The third kappa shape index (κ3) is 2.51. The van der Waals surface area contributed by atoms with Crippen LogP contribution in [0.25, 0.3) is 0 Å². The van der Waals surface area contributed by atoms with Crippen LogP contribution >= 0.6 is 11.8 Å². The zero-order valence-electron chi connectivity index (χ0n) is 10.8. The summed E-state index contributed by atoms with van der Waals surface area (Å²) in [5.41, 5.74) is 12.2. The van der Waals surface area contributed by atoms with Crippen LogP contribution in [0.4, 0.5) is 0 Å². The van der Waals surface area contributed by atoms with Crippen molar-refractivity contribution in [3.8, 4) is 0 Å². The maximum absolute atomic E-state index is 6.25. The molecule has 16 heavy (non-hydrogen) atoms. The van der Waals surface area contributed by atoms with E-state index in [0.717, 1.165) is 11.7 Å². The minimum atomic E-state index is -0.332. The smallest absolute Gasteiger partial charge is 0.164 e. The molecule has 5 nitrogen and oxygen atoms in total. The molecule has 0 aromatic heterocycles. The predicted octanol–water partition coefficient (Wildman–Crippen LogP) is 0.626. The Kier molecular flexibility index (Phi) is 4.23. The van der Waals surface area contributed by atoms with E-state index >= 15 is 0 Å². The van der Waals surface area contributed by atoms with Crippen molar-refractivity contribution in [1.29, 1.82) is 0 Å². The van der Waals surface area contributed by atoms with Gasteiger partial charge in [-0.1, -0.05) is 18.7 Å². The Bertz CT molecular complexity index is 273. The van der Waals surface area contributed by atoms with Crippen molar-refractivity contribution in [1.82, 2.24) is 9.80 Å². The number of nitrogens with two attached hydrogens (primary N) is 2. The second-order valence-electron chi connectivity index (χ2n) is 4.81. The van der Waals surface area contributed by atoms with Crippen LogP contribution in [0.2, 0.25) is 0 Å². The Morgan fingerprint density at radius 3 is 2.31 bits per heavy atom. The molecule has 0 amide bonds. The van der Waals surface area contributed by atoms with E-state index < -0.39 is 0 Å². The topological polar surface area (TPSA) is 70.9 Å². The van der Waals surface area contributed by atoms with Gasteiger partial charge >= 0.3 is 0 Å². The second-order valence-corrected chi connectivity index (χ2v) is 5.59. The van der Waals surface area contributed by atoms with Gasteiger partial charge in [-0.3, -0.25) is 11.5 Å². The Balaban J connectivity index is 3.09. The maximum atomic E-state index is 6.25. The molecule has 0 aromatic carbocycles. The summed E-state index contributed by atoms with van der Waals surface area (Å²) in [6, 6.07) is 0. The third-order valence-electron chi connectivity index (χ3n) is 2.66. The van der Waals surface area contributed by atoms with Gasteiger partial charge in [0.15, 0.2) is 11.5 Å². The van der Waals surface area contributed by atoms with Crippen LogP contribution in [-0.4, -0.2) is 45.9 Å². The summed E-state index contributed by atoms with van der Waals surface area (Å²) >= 11 is 1.59. The Labute approximate surface area is 102 Å². The summed E-state index contributed by atoms with van der Waals surface area (Å²) in [6.07, 6.45) is 1.46. The van der Waals surface area contributed by atoms with Crippen molar-refractivity contribution in [2.24, 2.45) is 16.5 Å². The summed E-state index contributed by atoms with van der Waals surface area (Å²) in [6.45, 7) is 9.22. The number of thioether (sulfide) groups is 1. The molecule has 6 heteroatoms. The van der Waals surface area contributed by atoms with Gasteiger partial charge in [-0.25, -0.2) is 9.89 Å². The van der Waals surface area contributed by atoms with Crippen LogP contribution in [-0.2, 0) is 0 Å². The SMILES string of the molecule is CCN1C(N)N=C(SC)N(C(C)(C)C)C1N. The summed E-state index contributed by atoms with van der Waals surface area (Å²) in [7, 11) is 0. The molecule has 0 saturated heterocycles. The molecule has 1 rings (SSSR count). The molecular weight excluding hydrogens is 222 g/mol. The van der Waals surface area contributed by atoms with E-state index in [1.807, 2.05) is 18.1 Å². The van der Waals surface area contributed by atoms with Crippen molar-refractivity contribution >= 4 is 16.9 Å². The van der Waals surface area contributed by atoms with E-state index in [-0.39, 0.29) is 18.1 Å². The Morgan fingerprint density at radius 1 is 1.38 bits per heavy atom. The number of amidine groups is 1. The minimum Gasteiger partial charge on any atom is -0.318 e. The first-order chi connectivity index (χ1) is 7.32. The second kappa shape index (κ2) is 4.91. The predicted molar refractivity (Wildman–Crippen MR) is 70.9 cm³/mol. The Morgan fingerprint density at radius 2 is 1.94 bits per heavy atom. The van der Waals surface area contributed by atoms with Crippen LogP contribution in [0.5, 0.6) is 0 Å². The quantitative estimate of drug-likeness (QED) is 0.709. The minimum absolute atomic E-state index is 0.0607. The normalized spacial score (nSPS) is 28.2. The zero-order valence-corrected chi connectivity index (χ0v) is 11.6. The van der Waals surface area contributed by atoms with E-state index in [9.17, 15) is 0 Å².